The van der Waals surface area contributed by atoms with Crippen molar-refractivity contribution in [3.05, 3.63) is 211 Å². The minimum atomic E-state index is -0.294. The van der Waals surface area contributed by atoms with Gasteiger partial charge in [0.05, 0.1) is 11.4 Å². The lowest BCUT2D eigenvalue weighted by Gasteiger charge is -2.32. The fourth-order valence-electron chi connectivity index (χ4n) is 8.00. The van der Waals surface area contributed by atoms with Crippen molar-refractivity contribution in [2.75, 3.05) is 4.90 Å². The normalized spacial score (nSPS) is 14.7. The number of benzene rings is 8. The zero-order valence-electron chi connectivity index (χ0n) is 27.4. The molecule has 8 aromatic carbocycles. The van der Waals surface area contributed by atoms with Gasteiger partial charge in [0, 0.05) is 22.2 Å². The van der Waals surface area contributed by atoms with Crippen molar-refractivity contribution >= 4 is 27.8 Å². The van der Waals surface area contributed by atoms with E-state index in [4.69, 9.17) is 0 Å². The minimum Gasteiger partial charge on any atom is -0.309 e. The molecule has 0 saturated carbocycles. The van der Waals surface area contributed by atoms with Gasteiger partial charge in [-0.25, -0.2) is 0 Å². The third kappa shape index (κ3) is 4.70. The molecule has 1 nitrogen and oxygen atoms in total. The fourth-order valence-corrected chi connectivity index (χ4v) is 8.00. The molecule has 1 heteroatoms. The van der Waals surface area contributed by atoms with Gasteiger partial charge >= 0.3 is 0 Å². The summed E-state index contributed by atoms with van der Waals surface area (Å²) in [6, 6.07) is 70.8. The van der Waals surface area contributed by atoms with E-state index < -0.39 is 0 Å². The first-order valence-corrected chi connectivity index (χ1v) is 17.0. The number of hydrogen-bond donors (Lipinski definition) is 0. The molecule has 0 saturated heterocycles. The van der Waals surface area contributed by atoms with Gasteiger partial charge in [-0.05, 0) is 80.9 Å². The van der Waals surface area contributed by atoms with E-state index in [1.165, 1.54) is 66.5 Å². The number of nitrogens with zero attached hydrogens (tertiary/aromatic N) is 1. The Morgan fingerprint density at radius 1 is 0.388 bits per heavy atom. The van der Waals surface area contributed by atoms with Crippen LogP contribution >= 0.6 is 0 Å². The molecule has 0 bridgehead atoms. The minimum absolute atomic E-state index is 0.294. The Kier molecular flexibility index (Phi) is 6.99. The molecule has 1 aliphatic carbocycles. The van der Waals surface area contributed by atoms with Crippen molar-refractivity contribution < 1.29 is 0 Å². The molecule has 0 amide bonds. The zero-order chi connectivity index (χ0) is 32.8. The highest BCUT2D eigenvalue weighted by Crippen LogP contribution is 2.57. The van der Waals surface area contributed by atoms with Crippen LogP contribution in [0, 0.1) is 0 Å². The Balaban J connectivity index is 1.35. The van der Waals surface area contributed by atoms with Gasteiger partial charge in [0.1, 0.15) is 0 Å². The van der Waals surface area contributed by atoms with Gasteiger partial charge in [-0.3, -0.25) is 0 Å². The van der Waals surface area contributed by atoms with Crippen LogP contribution in [0.4, 0.5) is 17.1 Å². The molecule has 1 unspecified atom stereocenters. The Morgan fingerprint density at radius 3 is 1.76 bits per heavy atom. The largest absolute Gasteiger partial charge is 0.309 e. The van der Waals surface area contributed by atoms with Gasteiger partial charge in [0.2, 0.25) is 0 Å². The number of para-hydroxylation sites is 1. The van der Waals surface area contributed by atoms with E-state index in [1.54, 1.807) is 0 Å². The molecule has 0 radical (unpaired) electrons. The Morgan fingerprint density at radius 2 is 0.959 bits per heavy atom. The highest BCUT2D eigenvalue weighted by atomic mass is 15.1. The van der Waals surface area contributed by atoms with Crippen LogP contribution in [-0.2, 0) is 5.41 Å². The summed E-state index contributed by atoms with van der Waals surface area (Å²) in [6.45, 7) is 2.39. The molecule has 0 aromatic heterocycles. The van der Waals surface area contributed by atoms with E-state index in [1.807, 2.05) is 0 Å². The molecule has 1 aliphatic rings. The Labute approximate surface area is 288 Å². The molecule has 49 heavy (non-hydrogen) atoms. The molecular weight excluding hydrogens is 591 g/mol. The molecular formula is C48H35N. The van der Waals surface area contributed by atoms with Gasteiger partial charge in [-0.15, -0.1) is 0 Å². The van der Waals surface area contributed by atoms with E-state index in [2.05, 4.69) is 206 Å². The predicted octanol–water partition coefficient (Wildman–Crippen LogP) is 13.0. The van der Waals surface area contributed by atoms with E-state index >= 15 is 0 Å². The lowest BCUT2D eigenvalue weighted by molar-refractivity contribution is 0.714. The highest BCUT2D eigenvalue weighted by Gasteiger charge is 2.42. The van der Waals surface area contributed by atoms with Gasteiger partial charge < -0.3 is 4.90 Å². The first-order chi connectivity index (χ1) is 24.2. The monoisotopic (exact) mass is 625 g/mol. The van der Waals surface area contributed by atoms with Crippen molar-refractivity contribution in [1.29, 1.82) is 0 Å². The molecule has 0 fully saturated rings. The molecule has 8 aromatic rings. The van der Waals surface area contributed by atoms with Crippen molar-refractivity contribution in [1.82, 2.24) is 0 Å². The molecule has 9 rings (SSSR count). The second-order valence-electron chi connectivity index (χ2n) is 13.0. The third-order valence-electron chi connectivity index (χ3n) is 10.3. The molecule has 0 spiro atoms. The summed E-state index contributed by atoms with van der Waals surface area (Å²) in [7, 11) is 0. The van der Waals surface area contributed by atoms with Crippen LogP contribution in [0.2, 0.25) is 0 Å². The standard InChI is InChI=1S/C48H35N/c1-48(37-21-6-3-7-22-37)43-27-14-12-26-42(43)47-44(48)28-16-30-46(47)49(38-32-31-34-17-8-9-20-36(34)33-38)45-29-15-13-25-41(45)40-24-11-10-23-39(40)35-18-4-2-5-19-35/h2-33H,1H3. The molecule has 1 atom stereocenters. The average Bonchev–Trinajstić information content (AvgIpc) is 3.45. The highest BCUT2D eigenvalue weighted by molar-refractivity contribution is 6.01. The molecule has 232 valence electrons. The van der Waals surface area contributed by atoms with Gasteiger partial charge in [-0.2, -0.15) is 0 Å². The summed E-state index contributed by atoms with van der Waals surface area (Å²) in [5.74, 6) is 0. The first-order valence-electron chi connectivity index (χ1n) is 17.0. The van der Waals surface area contributed by atoms with E-state index in [9.17, 15) is 0 Å². The van der Waals surface area contributed by atoms with E-state index in [0.717, 1.165) is 11.4 Å². The summed E-state index contributed by atoms with van der Waals surface area (Å²) in [5, 5.41) is 2.45. The van der Waals surface area contributed by atoms with Crippen molar-refractivity contribution in [2.45, 2.75) is 12.3 Å². The second-order valence-corrected chi connectivity index (χ2v) is 13.0. The van der Waals surface area contributed by atoms with Gasteiger partial charge in [-0.1, -0.05) is 170 Å². The van der Waals surface area contributed by atoms with Crippen LogP contribution in [0.15, 0.2) is 194 Å². The van der Waals surface area contributed by atoms with Gasteiger partial charge in [0.15, 0.2) is 0 Å². The maximum absolute atomic E-state index is 2.50. The summed E-state index contributed by atoms with van der Waals surface area (Å²) in [6.07, 6.45) is 0. The topological polar surface area (TPSA) is 3.24 Å². The Hall–Kier alpha value is -6.18. The smallest absolute Gasteiger partial charge is 0.0543 e. The number of anilines is 3. The SMILES string of the molecule is CC1(c2ccccc2)c2ccccc2-c2c(N(c3ccc4ccccc4c3)c3ccccc3-c3ccccc3-c3ccccc3)cccc21. The first kappa shape index (κ1) is 29.0. The maximum atomic E-state index is 2.50. The Bertz CT molecular complexity index is 2460. The van der Waals surface area contributed by atoms with Crippen LogP contribution in [0.5, 0.6) is 0 Å². The van der Waals surface area contributed by atoms with E-state index in [0.29, 0.717) is 0 Å². The maximum Gasteiger partial charge on any atom is 0.0543 e. The van der Waals surface area contributed by atoms with Crippen molar-refractivity contribution in [2.24, 2.45) is 0 Å². The summed E-state index contributed by atoms with van der Waals surface area (Å²) < 4.78 is 0. The van der Waals surface area contributed by atoms with Gasteiger partial charge in [0.25, 0.3) is 0 Å². The summed E-state index contributed by atoms with van der Waals surface area (Å²) in [5.41, 5.74) is 14.5. The van der Waals surface area contributed by atoms with Crippen LogP contribution < -0.4 is 4.90 Å². The van der Waals surface area contributed by atoms with Crippen LogP contribution in [-0.4, -0.2) is 0 Å². The van der Waals surface area contributed by atoms with Crippen molar-refractivity contribution in [3.63, 3.8) is 0 Å². The van der Waals surface area contributed by atoms with Crippen LogP contribution in [0.3, 0.4) is 0 Å². The quantitative estimate of drug-likeness (QED) is 0.178. The number of hydrogen-bond acceptors (Lipinski definition) is 1. The van der Waals surface area contributed by atoms with Crippen LogP contribution in [0.1, 0.15) is 23.6 Å². The molecule has 0 aliphatic heterocycles. The van der Waals surface area contributed by atoms with Crippen LogP contribution in [0.25, 0.3) is 44.2 Å². The van der Waals surface area contributed by atoms with E-state index in [-0.39, 0.29) is 5.41 Å². The predicted molar refractivity (Wildman–Crippen MR) is 207 cm³/mol. The lowest BCUT2D eigenvalue weighted by Crippen LogP contribution is -2.22. The summed E-state index contributed by atoms with van der Waals surface area (Å²) in [4.78, 5) is 2.50. The van der Waals surface area contributed by atoms with Crippen molar-refractivity contribution in [3.8, 4) is 33.4 Å². The molecule has 0 N–H and O–H groups in total. The zero-order valence-corrected chi connectivity index (χ0v) is 27.4. The third-order valence-corrected chi connectivity index (χ3v) is 10.3. The number of fused-ring (bicyclic) bond motifs is 4. The summed E-state index contributed by atoms with van der Waals surface area (Å²) >= 11 is 0. The number of rotatable bonds is 6. The average molecular weight is 626 g/mol. The lowest BCUT2D eigenvalue weighted by atomic mass is 9.74. The second kappa shape index (κ2) is 11.8. The fraction of sp³-hybridized carbons (Fsp3) is 0.0417. The molecule has 0 heterocycles.